The predicted molar refractivity (Wildman–Crippen MR) is 105 cm³/mol. The molecule has 0 aliphatic rings. The molecule has 4 heteroatoms. The maximum absolute atomic E-state index is 12.0. The van der Waals surface area contributed by atoms with Gasteiger partial charge in [0.2, 0.25) is 0 Å². The number of halogens is 1. The number of nitrogens with one attached hydrogen (secondary N) is 1. The molecule has 0 aromatic heterocycles. The highest BCUT2D eigenvalue weighted by molar-refractivity contribution is 9.10. The Kier molecular flexibility index (Phi) is 5.51. The summed E-state index contributed by atoms with van der Waals surface area (Å²) in [5.41, 5.74) is 4.24. The Bertz CT molecular complexity index is 858. The zero-order chi connectivity index (χ0) is 17.6. The second-order valence-electron chi connectivity index (χ2n) is 5.74. The van der Waals surface area contributed by atoms with Crippen molar-refractivity contribution >= 4 is 27.5 Å². The van der Waals surface area contributed by atoms with Crippen LogP contribution in [-0.4, -0.2) is 12.5 Å². The van der Waals surface area contributed by atoms with Crippen molar-refractivity contribution in [1.82, 2.24) is 0 Å². The lowest BCUT2D eigenvalue weighted by Crippen LogP contribution is -2.20. The summed E-state index contributed by atoms with van der Waals surface area (Å²) in [4.78, 5) is 12.0. The minimum atomic E-state index is -0.194. The summed E-state index contributed by atoms with van der Waals surface area (Å²) in [5.74, 6) is 0.473. The fraction of sp³-hybridized carbons (Fsp3) is 0.0952. The lowest BCUT2D eigenvalue weighted by atomic mass is 10.0. The van der Waals surface area contributed by atoms with E-state index in [9.17, 15) is 4.79 Å². The molecule has 0 unspecified atom stereocenters. The molecule has 0 saturated carbocycles. The molecule has 0 radical (unpaired) electrons. The summed E-state index contributed by atoms with van der Waals surface area (Å²) in [5, 5.41) is 2.80. The number of carbonyl (C=O) groups is 1. The van der Waals surface area contributed by atoms with E-state index in [1.54, 1.807) is 0 Å². The monoisotopic (exact) mass is 395 g/mol. The van der Waals surface area contributed by atoms with Crippen LogP contribution in [0.2, 0.25) is 0 Å². The fourth-order valence-electron chi connectivity index (χ4n) is 2.40. The van der Waals surface area contributed by atoms with E-state index in [1.165, 1.54) is 5.56 Å². The fourth-order valence-corrected chi connectivity index (χ4v) is 2.80. The molecule has 0 atom stereocenters. The highest BCUT2D eigenvalue weighted by Gasteiger charge is 2.05. The van der Waals surface area contributed by atoms with Crippen molar-refractivity contribution in [2.75, 3.05) is 11.9 Å². The predicted octanol–water partition coefficient (Wildman–Crippen LogP) is 5.44. The Hall–Kier alpha value is -2.59. The van der Waals surface area contributed by atoms with Crippen LogP contribution >= 0.6 is 15.9 Å². The van der Waals surface area contributed by atoms with Gasteiger partial charge in [0, 0.05) is 10.2 Å². The van der Waals surface area contributed by atoms with Gasteiger partial charge in [-0.1, -0.05) is 64.0 Å². The number of anilines is 1. The molecule has 0 heterocycles. The van der Waals surface area contributed by atoms with Gasteiger partial charge in [-0.15, -0.1) is 0 Å². The Morgan fingerprint density at radius 3 is 2.24 bits per heavy atom. The van der Waals surface area contributed by atoms with E-state index >= 15 is 0 Å². The first-order chi connectivity index (χ1) is 12.1. The zero-order valence-corrected chi connectivity index (χ0v) is 15.4. The number of carbonyl (C=O) groups excluding carboxylic acids is 1. The van der Waals surface area contributed by atoms with Crippen LogP contribution < -0.4 is 10.1 Å². The van der Waals surface area contributed by atoms with Gasteiger partial charge in [0.1, 0.15) is 5.75 Å². The Labute approximate surface area is 155 Å². The number of hydrogen-bond donors (Lipinski definition) is 1. The number of rotatable bonds is 5. The lowest BCUT2D eigenvalue weighted by molar-refractivity contribution is -0.118. The molecule has 1 N–H and O–H groups in total. The van der Waals surface area contributed by atoms with Crippen molar-refractivity contribution in [1.29, 1.82) is 0 Å². The highest BCUT2D eigenvalue weighted by atomic mass is 79.9. The van der Waals surface area contributed by atoms with E-state index in [0.717, 1.165) is 21.3 Å². The quantitative estimate of drug-likeness (QED) is 0.624. The molecule has 0 saturated heterocycles. The maximum atomic E-state index is 12.0. The Morgan fingerprint density at radius 2 is 1.60 bits per heavy atom. The molecule has 3 rings (SSSR count). The largest absolute Gasteiger partial charge is 0.484 e. The maximum Gasteiger partial charge on any atom is 0.262 e. The molecule has 3 aromatic carbocycles. The molecular weight excluding hydrogens is 378 g/mol. The van der Waals surface area contributed by atoms with E-state index < -0.39 is 0 Å². The van der Waals surface area contributed by atoms with Crippen molar-refractivity contribution in [2.24, 2.45) is 0 Å². The SMILES string of the molecule is Cc1ccc(-c2ccc(OCC(=O)Nc3cccc(Br)c3)cc2)cc1. The molecule has 0 fully saturated rings. The van der Waals surface area contributed by atoms with E-state index in [0.29, 0.717) is 5.75 Å². The third kappa shape index (κ3) is 4.94. The Balaban J connectivity index is 1.56. The number of aryl methyl sites for hydroxylation is 1. The number of ether oxygens (including phenoxy) is 1. The summed E-state index contributed by atoms with van der Waals surface area (Å²) < 4.78 is 6.47. The lowest BCUT2D eigenvalue weighted by Gasteiger charge is -2.09. The first-order valence-corrected chi connectivity index (χ1v) is 8.75. The second kappa shape index (κ2) is 7.99. The average molecular weight is 396 g/mol. The van der Waals surface area contributed by atoms with Gasteiger partial charge in [0.25, 0.3) is 5.91 Å². The first-order valence-electron chi connectivity index (χ1n) is 7.95. The number of hydrogen-bond acceptors (Lipinski definition) is 2. The minimum absolute atomic E-state index is 0.0314. The molecule has 0 aliphatic heterocycles. The molecule has 0 spiro atoms. The van der Waals surface area contributed by atoms with Crippen LogP contribution in [-0.2, 0) is 4.79 Å². The average Bonchev–Trinajstić information content (AvgIpc) is 2.61. The van der Waals surface area contributed by atoms with E-state index in [-0.39, 0.29) is 12.5 Å². The van der Waals surface area contributed by atoms with Crippen LogP contribution in [0.15, 0.2) is 77.3 Å². The molecule has 126 valence electrons. The smallest absolute Gasteiger partial charge is 0.262 e. The third-order valence-electron chi connectivity index (χ3n) is 3.72. The summed E-state index contributed by atoms with van der Waals surface area (Å²) >= 11 is 3.38. The van der Waals surface area contributed by atoms with Crippen molar-refractivity contribution < 1.29 is 9.53 Å². The van der Waals surface area contributed by atoms with Crippen LogP contribution in [0.25, 0.3) is 11.1 Å². The van der Waals surface area contributed by atoms with Crippen molar-refractivity contribution in [3.63, 3.8) is 0 Å². The van der Waals surface area contributed by atoms with Gasteiger partial charge in [0.15, 0.2) is 6.61 Å². The number of benzene rings is 3. The van der Waals surface area contributed by atoms with Gasteiger partial charge in [-0.2, -0.15) is 0 Å². The number of amides is 1. The molecule has 3 aromatic rings. The van der Waals surface area contributed by atoms with Gasteiger partial charge in [0.05, 0.1) is 0 Å². The highest BCUT2D eigenvalue weighted by Crippen LogP contribution is 2.23. The normalized spacial score (nSPS) is 10.3. The van der Waals surface area contributed by atoms with Crippen LogP contribution in [0.5, 0.6) is 5.75 Å². The molecule has 0 bridgehead atoms. The van der Waals surface area contributed by atoms with Crippen LogP contribution in [0.3, 0.4) is 0 Å². The van der Waals surface area contributed by atoms with Crippen molar-refractivity contribution in [2.45, 2.75) is 6.92 Å². The van der Waals surface area contributed by atoms with Crippen LogP contribution in [0.4, 0.5) is 5.69 Å². The molecular formula is C21H18BrNO2. The van der Waals surface area contributed by atoms with Crippen LogP contribution in [0, 0.1) is 6.92 Å². The van der Waals surface area contributed by atoms with Crippen LogP contribution in [0.1, 0.15) is 5.56 Å². The van der Waals surface area contributed by atoms with Gasteiger partial charge in [-0.3, -0.25) is 4.79 Å². The Morgan fingerprint density at radius 1 is 0.960 bits per heavy atom. The molecule has 3 nitrogen and oxygen atoms in total. The summed E-state index contributed by atoms with van der Waals surface area (Å²) in [6.07, 6.45) is 0. The summed E-state index contributed by atoms with van der Waals surface area (Å²) in [6.45, 7) is 2.04. The standard InChI is InChI=1S/C21H18BrNO2/c1-15-5-7-16(8-6-15)17-9-11-20(12-10-17)25-14-21(24)23-19-4-2-3-18(22)13-19/h2-13H,14H2,1H3,(H,23,24). The van der Waals surface area contributed by atoms with E-state index in [1.807, 2.05) is 48.5 Å². The molecule has 1 amide bonds. The van der Waals surface area contributed by atoms with Crippen molar-refractivity contribution in [3.05, 3.63) is 82.8 Å². The van der Waals surface area contributed by atoms with E-state index in [2.05, 4.69) is 52.4 Å². The second-order valence-corrected chi connectivity index (χ2v) is 6.65. The summed E-state index contributed by atoms with van der Waals surface area (Å²) in [7, 11) is 0. The van der Waals surface area contributed by atoms with Gasteiger partial charge in [-0.25, -0.2) is 0 Å². The third-order valence-corrected chi connectivity index (χ3v) is 4.21. The molecule has 0 aliphatic carbocycles. The van der Waals surface area contributed by atoms with Gasteiger partial charge < -0.3 is 10.1 Å². The van der Waals surface area contributed by atoms with Gasteiger partial charge >= 0.3 is 0 Å². The van der Waals surface area contributed by atoms with Gasteiger partial charge in [-0.05, 0) is 48.4 Å². The van der Waals surface area contributed by atoms with Crippen molar-refractivity contribution in [3.8, 4) is 16.9 Å². The minimum Gasteiger partial charge on any atom is -0.484 e. The molecule has 25 heavy (non-hydrogen) atoms. The van der Waals surface area contributed by atoms with E-state index in [4.69, 9.17) is 4.74 Å². The topological polar surface area (TPSA) is 38.3 Å². The zero-order valence-electron chi connectivity index (χ0n) is 13.8. The summed E-state index contributed by atoms with van der Waals surface area (Å²) in [6, 6.07) is 23.5. The first kappa shape index (κ1) is 17.2.